The van der Waals surface area contributed by atoms with Gasteiger partial charge < -0.3 is 0 Å². The van der Waals surface area contributed by atoms with Gasteiger partial charge in [-0.3, -0.25) is 0 Å². The quantitative estimate of drug-likeness (QED) is 0.708. The molecule has 7 heteroatoms. The second-order valence-electron chi connectivity index (χ2n) is 2.16. The van der Waals surface area contributed by atoms with Crippen LogP contribution in [0, 0.1) is 0 Å². The molecule has 0 heterocycles. The highest BCUT2D eigenvalue weighted by atomic mass is 35.5. The summed E-state index contributed by atoms with van der Waals surface area (Å²) >= 11 is 5.50. The second-order valence-corrected chi connectivity index (χ2v) is 4.51. The van der Waals surface area contributed by atoms with Gasteiger partial charge in [0.15, 0.2) is 0 Å². The van der Waals surface area contributed by atoms with Crippen LogP contribution in [0.3, 0.4) is 0 Å². The van der Waals surface area contributed by atoms with E-state index in [4.69, 9.17) is 11.6 Å². The Bertz CT molecular complexity index is 219. The number of rotatable bonds is 5. The maximum atomic E-state index is 11.7. The van der Waals surface area contributed by atoms with Crippen molar-refractivity contribution >= 4 is 21.6 Å². The van der Waals surface area contributed by atoms with E-state index in [9.17, 15) is 17.2 Å². The van der Waals surface area contributed by atoms with Gasteiger partial charge in [0.05, 0.1) is 0 Å². The first-order valence-electron chi connectivity index (χ1n) is 3.30. The normalized spacial score (nSPS) is 15.1. The summed E-state index contributed by atoms with van der Waals surface area (Å²) in [6.07, 6.45) is 0.521. The summed E-state index contributed by atoms with van der Waals surface area (Å²) in [6.45, 7) is 1.57. The lowest BCUT2D eigenvalue weighted by Crippen LogP contribution is -2.33. The van der Waals surface area contributed by atoms with E-state index >= 15 is 0 Å². The van der Waals surface area contributed by atoms with Crippen molar-refractivity contribution in [1.29, 1.82) is 0 Å². The number of sulfonamides is 1. The van der Waals surface area contributed by atoms with Crippen molar-refractivity contribution < 1.29 is 17.2 Å². The highest BCUT2D eigenvalue weighted by Crippen LogP contribution is 2.04. The highest BCUT2D eigenvalue weighted by molar-refractivity contribution is 7.89. The minimum atomic E-state index is -4.47. The van der Waals surface area contributed by atoms with Gasteiger partial charge in [0, 0.05) is 11.9 Å². The van der Waals surface area contributed by atoms with E-state index in [0.29, 0.717) is 6.42 Å². The van der Waals surface area contributed by atoms with E-state index in [0.717, 1.165) is 0 Å². The van der Waals surface area contributed by atoms with E-state index in [1.165, 1.54) is 0 Å². The summed E-state index contributed by atoms with van der Waals surface area (Å²) in [6, 6.07) is 0. The molecule has 0 aromatic rings. The Morgan fingerprint density at radius 3 is 2.33 bits per heavy atom. The average Bonchev–Trinajstić information content (AvgIpc) is 2.00. The number of alkyl halides is 3. The van der Waals surface area contributed by atoms with Crippen LogP contribution in [0.25, 0.3) is 0 Å². The van der Waals surface area contributed by atoms with E-state index in [-0.39, 0.29) is 6.54 Å². The fourth-order valence-corrected chi connectivity index (χ4v) is 1.14. The van der Waals surface area contributed by atoms with Crippen LogP contribution in [0.15, 0.2) is 0 Å². The van der Waals surface area contributed by atoms with Gasteiger partial charge in [-0.25, -0.2) is 13.1 Å². The molecule has 0 rings (SSSR count). The van der Waals surface area contributed by atoms with Crippen molar-refractivity contribution in [3.8, 4) is 0 Å². The van der Waals surface area contributed by atoms with Crippen molar-refractivity contribution in [3.63, 3.8) is 0 Å². The Morgan fingerprint density at radius 2 is 2.00 bits per heavy atom. The minimum absolute atomic E-state index is 0.162. The molecule has 0 fully saturated rings. The summed E-state index contributed by atoms with van der Waals surface area (Å²) in [7, 11) is -4.47. The molecular weight excluding hydrogens is 212 g/mol. The predicted octanol–water partition coefficient (Wildman–Crippen LogP) is 1.15. The lowest BCUT2D eigenvalue weighted by molar-refractivity contribution is 0.232. The zero-order chi connectivity index (χ0) is 9.78. The molecule has 74 valence electrons. The summed E-state index contributed by atoms with van der Waals surface area (Å²) in [4.78, 5) is 0. The summed E-state index contributed by atoms with van der Waals surface area (Å²) in [5.41, 5.74) is 0. The molecule has 12 heavy (non-hydrogen) atoms. The first-order chi connectivity index (χ1) is 5.40. The summed E-state index contributed by atoms with van der Waals surface area (Å²) in [5, 5.41) is -0.446. The van der Waals surface area contributed by atoms with Crippen LogP contribution in [-0.4, -0.2) is 26.1 Å². The Hall–Kier alpha value is 0.0600. The van der Waals surface area contributed by atoms with Crippen LogP contribution in [0.1, 0.15) is 13.3 Å². The largest absolute Gasteiger partial charge is 0.350 e. The Balaban J connectivity index is 3.94. The lowest BCUT2D eigenvalue weighted by atomic mass is 10.3. The summed E-state index contributed by atoms with van der Waals surface area (Å²) < 4.78 is 45.9. The fourth-order valence-electron chi connectivity index (χ4n) is 0.414. The fraction of sp³-hybridized carbons (Fsp3) is 1.00. The van der Waals surface area contributed by atoms with E-state index in [1.54, 1.807) is 11.6 Å². The zero-order valence-corrected chi connectivity index (χ0v) is 8.00. The molecule has 0 aliphatic heterocycles. The van der Waals surface area contributed by atoms with Crippen LogP contribution < -0.4 is 4.72 Å². The number of nitrogens with one attached hydrogen (secondary N) is 1. The first-order valence-corrected chi connectivity index (χ1v) is 5.29. The van der Waals surface area contributed by atoms with Gasteiger partial charge in [-0.05, 0) is 6.42 Å². The predicted molar refractivity (Wildman–Crippen MR) is 42.9 cm³/mol. The van der Waals surface area contributed by atoms with Crippen LogP contribution in [0.4, 0.5) is 8.78 Å². The number of hydrogen-bond acceptors (Lipinski definition) is 2. The standard InChI is InChI=1S/C5H10ClF2NO2S/c1-2-4(6)3-9-12(10,11)5(7)8/h4-5,9H,2-3H2,1H3. The van der Waals surface area contributed by atoms with Gasteiger partial charge in [0.2, 0.25) is 0 Å². The Morgan fingerprint density at radius 1 is 1.50 bits per heavy atom. The maximum absolute atomic E-state index is 11.7. The highest BCUT2D eigenvalue weighted by Gasteiger charge is 2.23. The van der Waals surface area contributed by atoms with Crippen LogP contribution in [0.5, 0.6) is 0 Å². The molecule has 0 bridgehead atoms. The molecule has 1 atom stereocenters. The molecule has 0 saturated heterocycles. The molecule has 0 aromatic heterocycles. The van der Waals surface area contributed by atoms with E-state index in [1.807, 2.05) is 0 Å². The average molecular weight is 222 g/mol. The molecule has 3 nitrogen and oxygen atoms in total. The smallest absolute Gasteiger partial charge is 0.209 e. The molecule has 0 radical (unpaired) electrons. The van der Waals surface area contributed by atoms with Gasteiger partial charge in [-0.1, -0.05) is 6.92 Å². The molecule has 1 unspecified atom stereocenters. The van der Waals surface area contributed by atoms with E-state index in [2.05, 4.69) is 0 Å². The minimum Gasteiger partial charge on any atom is -0.209 e. The molecule has 0 aliphatic rings. The second kappa shape index (κ2) is 4.94. The SMILES string of the molecule is CCC(Cl)CNS(=O)(=O)C(F)F. The monoisotopic (exact) mass is 221 g/mol. The Labute approximate surface area is 75.1 Å². The van der Waals surface area contributed by atoms with Crippen LogP contribution in [0.2, 0.25) is 0 Å². The molecule has 0 amide bonds. The number of hydrogen-bond donors (Lipinski definition) is 1. The first kappa shape index (κ1) is 12.1. The van der Waals surface area contributed by atoms with Crippen LogP contribution >= 0.6 is 11.6 Å². The van der Waals surface area contributed by atoms with Gasteiger partial charge in [-0.2, -0.15) is 8.78 Å². The van der Waals surface area contributed by atoms with Gasteiger partial charge >= 0.3 is 5.76 Å². The molecule has 1 N–H and O–H groups in total. The third-order valence-corrected chi connectivity index (χ3v) is 2.68. The van der Waals surface area contributed by atoms with Gasteiger partial charge in [-0.15, -0.1) is 11.6 Å². The third-order valence-electron chi connectivity index (χ3n) is 1.18. The molecule has 0 aliphatic carbocycles. The topological polar surface area (TPSA) is 46.2 Å². The van der Waals surface area contributed by atoms with Crippen molar-refractivity contribution in [2.24, 2.45) is 0 Å². The van der Waals surface area contributed by atoms with Gasteiger partial charge in [0.25, 0.3) is 10.0 Å². The van der Waals surface area contributed by atoms with E-state index < -0.39 is 21.2 Å². The third kappa shape index (κ3) is 4.18. The zero-order valence-electron chi connectivity index (χ0n) is 6.43. The van der Waals surface area contributed by atoms with Crippen molar-refractivity contribution in [2.75, 3.05) is 6.54 Å². The maximum Gasteiger partial charge on any atom is 0.350 e. The summed E-state index contributed by atoms with van der Waals surface area (Å²) in [5.74, 6) is -3.39. The lowest BCUT2D eigenvalue weighted by Gasteiger charge is -2.07. The van der Waals surface area contributed by atoms with Crippen molar-refractivity contribution in [2.45, 2.75) is 24.5 Å². The molecule has 0 saturated carbocycles. The number of halogens is 3. The van der Waals surface area contributed by atoms with Gasteiger partial charge in [0.1, 0.15) is 0 Å². The van der Waals surface area contributed by atoms with Crippen molar-refractivity contribution in [3.05, 3.63) is 0 Å². The molecule has 0 aromatic carbocycles. The van der Waals surface area contributed by atoms with Crippen LogP contribution in [-0.2, 0) is 10.0 Å². The van der Waals surface area contributed by atoms with Crippen molar-refractivity contribution in [1.82, 2.24) is 4.72 Å². The molecule has 0 spiro atoms. The molecular formula is C5H10ClF2NO2S. The Kier molecular flexibility index (Phi) is 4.96.